The van der Waals surface area contributed by atoms with Gasteiger partial charge in [-0.2, -0.15) is 0 Å². The highest BCUT2D eigenvalue weighted by Gasteiger charge is 2.21. The van der Waals surface area contributed by atoms with Gasteiger partial charge in [-0.3, -0.25) is 10.1 Å². The van der Waals surface area contributed by atoms with Gasteiger partial charge in [0.1, 0.15) is 5.69 Å². The van der Waals surface area contributed by atoms with E-state index in [2.05, 4.69) is 0 Å². The van der Waals surface area contributed by atoms with Crippen LogP contribution in [0.15, 0.2) is 48.5 Å². The van der Waals surface area contributed by atoms with Gasteiger partial charge in [0, 0.05) is 19.2 Å². The van der Waals surface area contributed by atoms with Crippen molar-refractivity contribution in [2.24, 2.45) is 0 Å². The maximum Gasteiger partial charge on any atom is 0.335 e. The predicted molar refractivity (Wildman–Crippen MR) is 83.2 cm³/mol. The Hall–Kier alpha value is -2.89. The van der Waals surface area contributed by atoms with Gasteiger partial charge in [-0.15, -0.1) is 0 Å². The largest absolute Gasteiger partial charge is 0.478 e. The maximum atomic E-state index is 11.3. The molecule has 0 spiro atoms. The number of rotatable bonds is 6. The zero-order valence-electron chi connectivity index (χ0n) is 12.1. The number of nitro benzene ring substituents is 1. The quantitative estimate of drug-likeness (QED) is 0.653. The van der Waals surface area contributed by atoms with E-state index in [1.807, 2.05) is 42.2 Å². The Morgan fingerprint density at radius 1 is 1.23 bits per heavy atom. The van der Waals surface area contributed by atoms with E-state index in [4.69, 9.17) is 5.11 Å². The highest BCUT2D eigenvalue weighted by Crippen LogP contribution is 2.30. The molecule has 22 heavy (non-hydrogen) atoms. The molecule has 0 aliphatic heterocycles. The molecule has 0 aliphatic carbocycles. The number of anilines is 1. The summed E-state index contributed by atoms with van der Waals surface area (Å²) < 4.78 is 0. The van der Waals surface area contributed by atoms with Crippen LogP contribution < -0.4 is 4.90 Å². The first kappa shape index (κ1) is 15.5. The number of hydrogen-bond donors (Lipinski definition) is 1. The Morgan fingerprint density at radius 3 is 2.45 bits per heavy atom. The second kappa shape index (κ2) is 6.71. The molecule has 2 aromatic carbocycles. The Morgan fingerprint density at radius 2 is 1.91 bits per heavy atom. The lowest BCUT2D eigenvalue weighted by Gasteiger charge is -2.23. The number of hydrogen-bond acceptors (Lipinski definition) is 4. The average molecular weight is 300 g/mol. The van der Waals surface area contributed by atoms with Gasteiger partial charge in [-0.1, -0.05) is 30.3 Å². The average Bonchev–Trinajstić information content (AvgIpc) is 2.53. The number of aromatic carboxylic acids is 1. The van der Waals surface area contributed by atoms with E-state index in [1.165, 1.54) is 12.1 Å². The van der Waals surface area contributed by atoms with Crippen LogP contribution in [0, 0.1) is 10.1 Å². The summed E-state index contributed by atoms with van der Waals surface area (Å²) in [6, 6.07) is 13.6. The molecule has 0 saturated carbocycles. The molecule has 0 amide bonds. The van der Waals surface area contributed by atoms with Crippen molar-refractivity contribution >= 4 is 17.3 Å². The first-order chi connectivity index (χ1) is 10.5. The SMILES string of the molecule is CCN(Cc1ccccc1)c1ccc(C(=O)O)cc1[N+](=O)[O-]. The fourth-order valence-electron chi connectivity index (χ4n) is 2.24. The van der Waals surface area contributed by atoms with Gasteiger partial charge in [0.25, 0.3) is 5.69 Å². The summed E-state index contributed by atoms with van der Waals surface area (Å²) in [5, 5.41) is 20.2. The van der Waals surface area contributed by atoms with Crippen molar-refractivity contribution in [1.29, 1.82) is 0 Å². The van der Waals surface area contributed by atoms with Crippen LogP contribution in [0.3, 0.4) is 0 Å². The molecule has 0 aliphatic rings. The van der Waals surface area contributed by atoms with Crippen molar-refractivity contribution in [3.05, 3.63) is 69.8 Å². The number of benzene rings is 2. The van der Waals surface area contributed by atoms with Crippen LogP contribution in [0.1, 0.15) is 22.8 Å². The molecule has 1 N–H and O–H groups in total. The van der Waals surface area contributed by atoms with Crippen LogP contribution in [-0.4, -0.2) is 22.5 Å². The Labute approximate surface area is 127 Å². The monoisotopic (exact) mass is 300 g/mol. The van der Waals surface area contributed by atoms with E-state index < -0.39 is 10.9 Å². The third kappa shape index (κ3) is 3.41. The lowest BCUT2D eigenvalue weighted by atomic mass is 10.1. The van der Waals surface area contributed by atoms with E-state index in [0.29, 0.717) is 18.8 Å². The minimum absolute atomic E-state index is 0.0915. The number of nitro groups is 1. The Bertz CT molecular complexity index is 686. The minimum atomic E-state index is -1.18. The third-order valence-electron chi connectivity index (χ3n) is 3.36. The van der Waals surface area contributed by atoms with Gasteiger partial charge in [0.05, 0.1) is 10.5 Å². The van der Waals surface area contributed by atoms with E-state index in [0.717, 1.165) is 11.6 Å². The number of carbonyl (C=O) groups is 1. The topological polar surface area (TPSA) is 83.7 Å². The van der Waals surface area contributed by atoms with Gasteiger partial charge >= 0.3 is 5.97 Å². The maximum absolute atomic E-state index is 11.3. The molecule has 2 aromatic rings. The third-order valence-corrected chi connectivity index (χ3v) is 3.36. The molecule has 6 nitrogen and oxygen atoms in total. The van der Waals surface area contributed by atoms with Gasteiger partial charge in [-0.05, 0) is 24.6 Å². The second-order valence-corrected chi connectivity index (χ2v) is 4.77. The van der Waals surface area contributed by atoms with Crippen molar-refractivity contribution in [2.45, 2.75) is 13.5 Å². The highest BCUT2D eigenvalue weighted by atomic mass is 16.6. The predicted octanol–water partition coefficient (Wildman–Crippen LogP) is 3.32. The first-order valence-corrected chi connectivity index (χ1v) is 6.83. The molecule has 0 fully saturated rings. The Kier molecular flexibility index (Phi) is 4.73. The van der Waals surface area contributed by atoms with Crippen molar-refractivity contribution in [3.63, 3.8) is 0 Å². The lowest BCUT2D eigenvalue weighted by Crippen LogP contribution is -2.23. The fraction of sp³-hybridized carbons (Fsp3) is 0.188. The lowest BCUT2D eigenvalue weighted by molar-refractivity contribution is -0.384. The van der Waals surface area contributed by atoms with Crippen LogP contribution in [0.5, 0.6) is 0 Å². The summed E-state index contributed by atoms with van der Waals surface area (Å²) in [6.45, 7) is 2.99. The molecule has 0 saturated heterocycles. The van der Waals surface area contributed by atoms with E-state index in [9.17, 15) is 14.9 Å². The molecule has 0 aromatic heterocycles. The summed E-state index contributed by atoms with van der Waals surface area (Å²) >= 11 is 0. The van der Waals surface area contributed by atoms with E-state index in [-0.39, 0.29) is 11.3 Å². The van der Waals surface area contributed by atoms with Gasteiger partial charge in [0.2, 0.25) is 0 Å². The van der Waals surface area contributed by atoms with Crippen molar-refractivity contribution < 1.29 is 14.8 Å². The molecule has 2 rings (SSSR count). The van der Waals surface area contributed by atoms with Gasteiger partial charge in [-0.25, -0.2) is 4.79 Å². The van der Waals surface area contributed by atoms with Crippen LogP contribution in [-0.2, 0) is 6.54 Å². The van der Waals surface area contributed by atoms with Crippen molar-refractivity contribution in [1.82, 2.24) is 0 Å². The molecule has 6 heteroatoms. The number of carboxylic acids is 1. The zero-order chi connectivity index (χ0) is 16.1. The number of nitrogens with zero attached hydrogens (tertiary/aromatic N) is 2. The van der Waals surface area contributed by atoms with Crippen molar-refractivity contribution in [3.8, 4) is 0 Å². The van der Waals surface area contributed by atoms with Crippen LogP contribution in [0.2, 0.25) is 0 Å². The number of carboxylic acid groups (broad SMARTS) is 1. The smallest absolute Gasteiger partial charge is 0.335 e. The fourth-order valence-corrected chi connectivity index (χ4v) is 2.24. The summed E-state index contributed by atoms with van der Waals surface area (Å²) in [7, 11) is 0. The summed E-state index contributed by atoms with van der Waals surface area (Å²) in [4.78, 5) is 23.5. The van der Waals surface area contributed by atoms with Crippen molar-refractivity contribution in [2.75, 3.05) is 11.4 Å². The molecule has 0 radical (unpaired) electrons. The normalized spacial score (nSPS) is 10.2. The molecule has 0 atom stereocenters. The summed E-state index contributed by atoms with van der Waals surface area (Å²) in [6.07, 6.45) is 0. The molecular weight excluding hydrogens is 284 g/mol. The summed E-state index contributed by atoms with van der Waals surface area (Å²) in [5.41, 5.74) is 1.16. The summed E-state index contributed by atoms with van der Waals surface area (Å²) in [5.74, 6) is -1.18. The molecule has 0 bridgehead atoms. The first-order valence-electron chi connectivity index (χ1n) is 6.83. The van der Waals surface area contributed by atoms with Gasteiger partial charge < -0.3 is 10.0 Å². The molecule has 0 heterocycles. The van der Waals surface area contributed by atoms with Crippen LogP contribution in [0.25, 0.3) is 0 Å². The van der Waals surface area contributed by atoms with Crippen LogP contribution >= 0.6 is 0 Å². The molecule has 114 valence electrons. The second-order valence-electron chi connectivity index (χ2n) is 4.77. The zero-order valence-corrected chi connectivity index (χ0v) is 12.1. The van der Waals surface area contributed by atoms with Gasteiger partial charge in [0.15, 0.2) is 0 Å². The Balaban J connectivity index is 2.40. The van der Waals surface area contributed by atoms with Crippen LogP contribution in [0.4, 0.5) is 11.4 Å². The molecular formula is C16H16N2O4. The van der Waals surface area contributed by atoms with E-state index in [1.54, 1.807) is 0 Å². The minimum Gasteiger partial charge on any atom is -0.478 e. The van der Waals surface area contributed by atoms with E-state index >= 15 is 0 Å². The highest BCUT2D eigenvalue weighted by molar-refractivity contribution is 5.89. The standard InChI is InChI=1S/C16H16N2O4/c1-2-17(11-12-6-4-3-5-7-12)14-9-8-13(16(19)20)10-15(14)18(21)22/h3-10H,2,11H2,1H3,(H,19,20). The molecule has 0 unspecified atom stereocenters.